The van der Waals surface area contributed by atoms with Crippen LogP contribution < -0.4 is 0 Å². The molecule has 3 heteroatoms. The van der Waals surface area contributed by atoms with Crippen molar-refractivity contribution < 1.29 is 0 Å². The molecule has 0 aliphatic carbocycles. The molecule has 0 amide bonds. The maximum atomic E-state index is 2.41. The van der Waals surface area contributed by atoms with Gasteiger partial charge in [0.25, 0.3) is 0 Å². The number of rotatable bonds is 0. The highest BCUT2D eigenvalue weighted by Crippen LogP contribution is 1.80. The van der Waals surface area contributed by atoms with Gasteiger partial charge < -0.3 is 0 Å². The Kier molecular flexibility index (Phi) is 20.3. The van der Waals surface area contributed by atoms with Gasteiger partial charge >= 0.3 is 0 Å². The van der Waals surface area contributed by atoms with Gasteiger partial charge in [0.2, 0.25) is 0 Å². The molecule has 0 fully saturated rings. The highest BCUT2D eigenvalue weighted by Gasteiger charge is 1.45. The molecule has 0 N–H and O–H groups in total. The van der Waals surface area contributed by atoms with Crippen molar-refractivity contribution >= 4 is 48.1 Å². The van der Waals surface area contributed by atoms with Gasteiger partial charge in [0.15, 0.2) is 4.51 Å². The van der Waals surface area contributed by atoms with Crippen LogP contribution in [-0.4, -0.2) is 4.51 Å². The summed E-state index contributed by atoms with van der Waals surface area (Å²) < 4.78 is 0.357. The van der Waals surface area contributed by atoms with E-state index >= 15 is 0 Å². The fourth-order valence-corrected chi connectivity index (χ4v) is 0. The maximum absolute atomic E-state index is 2.41. The third-order valence-electron chi connectivity index (χ3n) is 0. The zero-order valence-corrected chi connectivity index (χ0v) is 7.19. The Morgan fingerprint density at radius 3 is 1.25 bits per heavy atom. The fraction of sp³-hybridized carbons (Fsp3) is 1.00. The van der Waals surface area contributed by atoms with E-state index < -0.39 is 0 Å². The summed E-state index contributed by atoms with van der Waals surface area (Å²) in [5, 5.41) is 0. The number of hydrogen-bond donors (Lipinski definition) is 0. The molecular weight excluding hydrogens is 294 g/mol. The molecule has 0 saturated heterocycles. The summed E-state index contributed by atoms with van der Waals surface area (Å²) in [5.41, 5.74) is 0. The second-order valence-corrected chi connectivity index (χ2v) is 13.6. The Bertz CT molecular complexity index is 6.00. The van der Waals surface area contributed by atoms with Crippen LogP contribution in [0.4, 0.5) is 0 Å². The van der Waals surface area contributed by atoms with Crippen molar-refractivity contribution in [3.8, 4) is 0 Å². The first kappa shape index (κ1) is 9.18. The third-order valence-corrected chi connectivity index (χ3v) is 0. The van der Waals surface area contributed by atoms with Crippen molar-refractivity contribution in [2.75, 3.05) is 0 Å². The fourth-order valence-electron chi connectivity index (χ4n) is 0. The van der Waals surface area contributed by atoms with Crippen LogP contribution in [0.25, 0.3) is 0 Å². The summed E-state index contributed by atoms with van der Waals surface area (Å²) in [6.45, 7) is 0. The van der Waals surface area contributed by atoms with E-state index in [1.807, 2.05) is 0 Å². The second-order valence-electron chi connectivity index (χ2n) is 0.101. The van der Waals surface area contributed by atoms with E-state index in [4.69, 9.17) is 0 Å². The van der Waals surface area contributed by atoms with Crippen LogP contribution in [0.15, 0.2) is 0 Å². The average Bonchev–Trinajstić information content (AvgIpc) is 0.918. The lowest BCUT2D eigenvalue weighted by molar-refractivity contribution is 2.50. The lowest BCUT2D eigenvalue weighted by atomic mass is 12.0. The van der Waals surface area contributed by atoms with Gasteiger partial charge in [-0.05, 0) is 0 Å². The Balaban J connectivity index is 0. The number of hydrogen-bond acceptors (Lipinski definition) is 0. The molecule has 4 heavy (non-hydrogen) atoms. The van der Waals surface area contributed by atoms with E-state index in [1.54, 1.807) is 0 Å². The van der Waals surface area contributed by atoms with Crippen molar-refractivity contribution in [2.24, 2.45) is 0 Å². The lowest BCUT2D eigenvalue weighted by Gasteiger charge is -1.40. The standard InChI is InChI=1S/CH4.H2I2Si/c;1-3-2/h1H4;3H2. The summed E-state index contributed by atoms with van der Waals surface area (Å²) in [5.74, 6) is 0. The molecule has 0 aromatic carbocycles. The first-order valence-corrected chi connectivity index (χ1v) is 10.8. The summed E-state index contributed by atoms with van der Waals surface area (Å²) >= 11 is 4.83. The van der Waals surface area contributed by atoms with Gasteiger partial charge in [0, 0.05) is 0 Å². The van der Waals surface area contributed by atoms with Crippen LogP contribution in [0.3, 0.4) is 0 Å². The minimum atomic E-state index is 0. The van der Waals surface area contributed by atoms with Crippen molar-refractivity contribution in [1.82, 2.24) is 0 Å². The normalized spacial score (nSPS) is 4.50. The summed E-state index contributed by atoms with van der Waals surface area (Å²) in [6.07, 6.45) is 0. The van der Waals surface area contributed by atoms with Crippen molar-refractivity contribution in [3.63, 3.8) is 0 Å². The molecule has 0 radical (unpaired) electrons. The SMILES string of the molecule is C.I[SiH2]I. The topological polar surface area (TPSA) is 0 Å². The molecule has 0 rings (SSSR count). The van der Waals surface area contributed by atoms with Crippen molar-refractivity contribution in [3.05, 3.63) is 0 Å². The molecule has 28 valence electrons. The Morgan fingerprint density at radius 1 is 1.25 bits per heavy atom. The molecule has 0 heterocycles. The van der Waals surface area contributed by atoms with Crippen LogP contribution >= 0.6 is 43.6 Å². The number of halogens is 2. The van der Waals surface area contributed by atoms with E-state index in [0.717, 1.165) is 0 Å². The summed E-state index contributed by atoms with van der Waals surface area (Å²) in [4.78, 5) is 0. The van der Waals surface area contributed by atoms with Crippen LogP contribution in [0, 0.1) is 0 Å². The molecule has 0 bridgehead atoms. The van der Waals surface area contributed by atoms with E-state index in [2.05, 4.69) is 43.6 Å². The molecule has 0 aromatic rings. The predicted molar refractivity (Wildman–Crippen MR) is 43.3 cm³/mol. The Hall–Kier alpha value is 1.68. The van der Waals surface area contributed by atoms with Crippen LogP contribution in [0.1, 0.15) is 7.43 Å². The molecule has 0 unspecified atom stereocenters. The monoisotopic (exact) mass is 300 g/mol. The average molecular weight is 300 g/mol. The molecule has 0 spiro atoms. The predicted octanol–water partition coefficient (Wildman–Crippen LogP) is 1.49. The lowest BCUT2D eigenvalue weighted by Crippen LogP contribution is -1.30. The molecule has 0 saturated carbocycles. The van der Waals surface area contributed by atoms with Gasteiger partial charge in [-0.3, -0.25) is 0 Å². The maximum Gasteiger partial charge on any atom is 0.162 e. The zero-order valence-electron chi connectivity index (χ0n) is 1.46. The van der Waals surface area contributed by atoms with Gasteiger partial charge in [0.05, 0.1) is 0 Å². The highest BCUT2D eigenvalue weighted by atomic mass is 127. The minimum Gasteiger partial charge on any atom is -0.114 e. The molecule has 0 aromatic heterocycles. The van der Waals surface area contributed by atoms with Gasteiger partial charge in [-0.1, -0.05) is 7.43 Å². The van der Waals surface area contributed by atoms with E-state index in [0.29, 0.717) is 4.51 Å². The van der Waals surface area contributed by atoms with Crippen LogP contribution in [0.5, 0.6) is 0 Å². The first-order chi connectivity index (χ1) is 1.41. The summed E-state index contributed by atoms with van der Waals surface area (Å²) in [7, 11) is 0. The van der Waals surface area contributed by atoms with Crippen LogP contribution in [-0.2, 0) is 0 Å². The minimum absolute atomic E-state index is 0. The zero-order chi connectivity index (χ0) is 2.71. The van der Waals surface area contributed by atoms with Crippen molar-refractivity contribution in [1.29, 1.82) is 0 Å². The van der Waals surface area contributed by atoms with Gasteiger partial charge in [-0.25, -0.2) is 0 Å². The smallest absolute Gasteiger partial charge is 0.114 e. The third kappa shape index (κ3) is 9.37. The molecule has 0 aliphatic rings. The first-order valence-electron chi connectivity index (χ1n) is 0.535. The van der Waals surface area contributed by atoms with E-state index in [1.165, 1.54) is 0 Å². The molecule has 0 atom stereocenters. The van der Waals surface area contributed by atoms with Crippen molar-refractivity contribution in [2.45, 2.75) is 7.43 Å². The molecule has 0 aliphatic heterocycles. The van der Waals surface area contributed by atoms with Crippen LogP contribution in [0.2, 0.25) is 0 Å². The largest absolute Gasteiger partial charge is 0.162 e. The molecular formula is CH6I2Si. The second kappa shape index (κ2) is 8.82. The Labute approximate surface area is 55.0 Å². The Morgan fingerprint density at radius 2 is 1.25 bits per heavy atom. The van der Waals surface area contributed by atoms with E-state index in [9.17, 15) is 0 Å². The summed E-state index contributed by atoms with van der Waals surface area (Å²) in [6, 6.07) is 0. The van der Waals surface area contributed by atoms with Gasteiger partial charge in [-0.15, -0.1) is 43.6 Å². The quantitative estimate of drug-likeness (QED) is 0.361. The molecule has 0 nitrogen and oxygen atoms in total. The van der Waals surface area contributed by atoms with Gasteiger partial charge in [-0.2, -0.15) is 0 Å². The van der Waals surface area contributed by atoms with E-state index in [-0.39, 0.29) is 7.43 Å². The highest BCUT2D eigenvalue weighted by molar-refractivity contribution is 14.3. The van der Waals surface area contributed by atoms with Gasteiger partial charge in [0.1, 0.15) is 0 Å².